The molecule has 3 aromatic rings. The van der Waals surface area contributed by atoms with Crippen molar-refractivity contribution in [3.8, 4) is 28.4 Å². The number of nitrogens with zero attached hydrogens (tertiary/aromatic N) is 4. The first-order chi connectivity index (χ1) is 19.5. The first-order valence-electron chi connectivity index (χ1n) is 12.9. The Kier molecular flexibility index (Phi) is 7.56. The van der Waals surface area contributed by atoms with Crippen LogP contribution in [0.25, 0.3) is 16.9 Å². The van der Waals surface area contributed by atoms with Crippen LogP contribution in [0.4, 0.5) is 24.5 Å². The summed E-state index contributed by atoms with van der Waals surface area (Å²) in [7, 11) is 4.14. The maximum Gasteiger partial charge on any atom is 0.418 e. The second kappa shape index (κ2) is 11.0. The highest BCUT2D eigenvalue weighted by Crippen LogP contribution is 2.39. The molecule has 2 aliphatic heterocycles. The van der Waals surface area contributed by atoms with E-state index in [2.05, 4.69) is 5.10 Å². The molecule has 41 heavy (non-hydrogen) atoms. The number of benzene rings is 2. The molecule has 1 aromatic heterocycles. The van der Waals surface area contributed by atoms with Gasteiger partial charge in [0.05, 0.1) is 44.4 Å². The number of hydrogen-bond acceptors (Lipinski definition) is 9. The predicted molar refractivity (Wildman–Crippen MR) is 144 cm³/mol. The molecule has 0 bridgehead atoms. The number of aromatic nitrogens is 2. The molecular formula is C28H29F3N4O6. The normalized spacial score (nSPS) is 16.6. The van der Waals surface area contributed by atoms with Crippen molar-refractivity contribution >= 4 is 17.3 Å². The number of β-amino-alcohol motifs (C(OH)–C–C–N with tert-alkyl or cyclic N) is 1. The lowest BCUT2D eigenvalue weighted by atomic mass is 10.0. The SMILES string of the molecule is COC(=O)CN1CCc2c(-c3cc(OC)cc(OC)c3)nn(-c3cc(N4CCC(O)C4)ccc3C(F)(F)F)c(=O)c21. The maximum absolute atomic E-state index is 14.3. The van der Waals surface area contributed by atoms with Gasteiger partial charge in [0, 0.05) is 42.5 Å². The average Bonchev–Trinajstić information content (AvgIpc) is 3.58. The molecule has 10 nitrogen and oxygen atoms in total. The molecule has 0 amide bonds. The predicted octanol–water partition coefficient (Wildman–Crippen LogP) is 3.04. The molecule has 2 aliphatic rings. The third-order valence-corrected chi connectivity index (χ3v) is 7.33. The molecule has 0 aliphatic carbocycles. The van der Waals surface area contributed by atoms with Crippen LogP contribution in [0.2, 0.25) is 0 Å². The highest BCUT2D eigenvalue weighted by molar-refractivity contribution is 5.80. The molecule has 1 saturated heterocycles. The van der Waals surface area contributed by atoms with Gasteiger partial charge in [0.25, 0.3) is 5.56 Å². The van der Waals surface area contributed by atoms with Crippen molar-refractivity contribution in [2.75, 3.05) is 57.3 Å². The van der Waals surface area contributed by atoms with E-state index in [9.17, 15) is 27.9 Å². The van der Waals surface area contributed by atoms with Crippen molar-refractivity contribution in [2.24, 2.45) is 0 Å². The summed E-state index contributed by atoms with van der Waals surface area (Å²) in [5, 5.41) is 14.5. The first-order valence-corrected chi connectivity index (χ1v) is 12.9. The van der Waals surface area contributed by atoms with Gasteiger partial charge in [-0.25, -0.2) is 0 Å². The molecular weight excluding hydrogens is 545 g/mol. The van der Waals surface area contributed by atoms with Gasteiger partial charge in [0.2, 0.25) is 0 Å². The molecule has 2 aromatic carbocycles. The first kappa shape index (κ1) is 28.3. The Labute approximate surface area is 233 Å². The number of esters is 1. The van der Waals surface area contributed by atoms with Crippen molar-refractivity contribution < 1.29 is 37.3 Å². The molecule has 1 N–H and O–H groups in total. The minimum absolute atomic E-state index is 0.0670. The number of aliphatic hydroxyl groups excluding tert-OH is 1. The quantitative estimate of drug-likeness (QED) is 0.426. The number of ether oxygens (including phenoxy) is 3. The zero-order chi connectivity index (χ0) is 29.5. The molecule has 1 fully saturated rings. The summed E-state index contributed by atoms with van der Waals surface area (Å²) >= 11 is 0. The van der Waals surface area contributed by atoms with E-state index in [4.69, 9.17) is 14.2 Å². The third kappa shape index (κ3) is 5.41. The van der Waals surface area contributed by atoms with Crippen LogP contribution < -0.4 is 24.8 Å². The van der Waals surface area contributed by atoms with Gasteiger partial charge in [-0.15, -0.1) is 0 Å². The Balaban J connectivity index is 1.79. The summed E-state index contributed by atoms with van der Waals surface area (Å²) < 4.78 is 59.3. The van der Waals surface area contributed by atoms with Gasteiger partial charge < -0.3 is 29.1 Å². The van der Waals surface area contributed by atoms with E-state index in [1.54, 1.807) is 23.1 Å². The van der Waals surface area contributed by atoms with Crippen LogP contribution in [-0.2, 0) is 22.1 Å². The second-order valence-corrected chi connectivity index (χ2v) is 9.83. The number of anilines is 2. The highest BCUT2D eigenvalue weighted by atomic mass is 19.4. The van der Waals surface area contributed by atoms with Gasteiger partial charge in [-0.2, -0.15) is 23.0 Å². The minimum atomic E-state index is -4.80. The summed E-state index contributed by atoms with van der Waals surface area (Å²) in [4.78, 5) is 29.4. The number of fused-ring (bicyclic) bond motifs is 1. The lowest BCUT2D eigenvalue weighted by Gasteiger charge is -2.23. The van der Waals surface area contributed by atoms with Crippen LogP contribution in [0.3, 0.4) is 0 Å². The van der Waals surface area contributed by atoms with Crippen molar-refractivity contribution in [3.63, 3.8) is 0 Å². The second-order valence-electron chi connectivity index (χ2n) is 9.83. The fourth-order valence-corrected chi connectivity index (χ4v) is 5.29. The lowest BCUT2D eigenvalue weighted by Crippen LogP contribution is -2.35. The van der Waals surface area contributed by atoms with E-state index in [-0.39, 0.29) is 31.0 Å². The van der Waals surface area contributed by atoms with E-state index in [0.29, 0.717) is 47.7 Å². The Morgan fingerprint density at radius 1 is 1.07 bits per heavy atom. The van der Waals surface area contributed by atoms with Gasteiger partial charge in [0.15, 0.2) is 0 Å². The monoisotopic (exact) mass is 574 g/mol. The lowest BCUT2D eigenvalue weighted by molar-refractivity contribution is -0.139. The Hall–Kier alpha value is -4.26. The number of aliphatic hydroxyl groups is 1. The standard InChI is InChI=1S/C28H29F3N4O6/c1-39-19-10-16(11-20(13-19)40-2)25-21-7-9-34(15-24(37)41-3)26(21)27(38)35(32-25)23-12-17(33-8-6-18(36)14-33)4-5-22(23)28(29,30)31/h4-5,10-13,18,36H,6-9,14-15H2,1-3H3. The molecule has 218 valence electrons. The van der Waals surface area contributed by atoms with Crippen LogP contribution in [0.15, 0.2) is 41.2 Å². The molecule has 1 unspecified atom stereocenters. The van der Waals surface area contributed by atoms with Gasteiger partial charge in [0.1, 0.15) is 23.7 Å². The molecule has 5 rings (SSSR count). The summed E-state index contributed by atoms with van der Waals surface area (Å²) in [6, 6.07) is 8.43. The Morgan fingerprint density at radius 3 is 2.37 bits per heavy atom. The Morgan fingerprint density at radius 2 is 1.78 bits per heavy atom. The number of hydrogen-bond donors (Lipinski definition) is 1. The smallest absolute Gasteiger partial charge is 0.418 e. The van der Waals surface area contributed by atoms with Gasteiger partial charge in [-0.1, -0.05) is 0 Å². The molecule has 1 atom stereocenters. The number of carbonyl (C=O) groups excluding carboxylic acids is 1. The summed E-state index contributed by atoms with van der Waals surface area (Å²) in [5.74, 6) is 0.237. The summed E-state index contributed by atoms with van der Waals surface area (Å²) in [6.45, 7) is 0.693. The zero-order valence-corrected chi connectivity index (χ0v) is 22.7. The highest BCUT2D eigenvalue weighted by Gasteiger charge is 2.37. The van der Waals surface area contributed by atoms with Crippen LogP contribution in [0.1, 0.15) is 17.5 Å². The van der Waals surface area contributed by atoms with Crippen LogP contribution in [0, 0.1) is 0 Å². The maximum atomic E-state index is 14.3. The zero-order valence-electron chi connectivity index (χ0n) is 22.7. The van der Waals surface area contributed by atoms with Crippen LogP contribution in [0.5, 0.6) is 11.5 Å². The fraction of sp³-hybridized carbons (Fsp3) is 0.393. The average molecular weight is 575 g/mol. The molecule has 3 heterocycles. The van der Waals surface area contributed by atoms with E-state index < -0.39 is 35.1 Å². The molecule has 13 heteroatoms. The molecule has 0 radical (unpaired) electrons. The van der Waals surface area contributed by atoms with Crippen molar-refractivity contribution in [2.45, 2.75) is 25.1 Å². The summed E-state index contributed by atoms with van der Waals surface area (Å²) in [5.41, 5.74) is -0.653. The fourth-order valence-electron chi connectivity index (χ4n) is 5.29. The van der Waals surface area contributed by atoms with Crippen molar-refractivity contribution in [1.29, 1.82) is 0 Å². The number of halogens is 3. The number of rotatable bonds is 7. The summed E-state index contributed by atoms with van der Waals surface area (Å²) in [6.07, 6.45) is -4.62. The van der Waals surface area contributed by atoms with E-state index in [1.165, 1.54) is 38.4 Å². The van der Waals surface area contributed by atoms with Crippen molar-refractivity contribution in [1.82, 2.24) is 9.78 Å². The molecule has 0 saturated carbocycles. The Bertz CT molecular complexity index is 1520. The number of carbonyl (C=O) groups is 1. The third-order valence-electron chi connectivity index (χ3n) is 7.33. The van der Waals surface area contributed by atoms with E-state index >= 15 is 0 Å². The van der Waals surface area contributed by atoms with Crippen LogP contribution >= 0.6 is 0 Å². The van der Waals surface area contributed by atoms with Gasteiger partial charge in [-0.05, 0) is 43.2 Å². The number of alkyl halides is 3. The van der Waals surface area contributed by atoms with E-state index in [1.807, 2.05) is 0 Å². The van der Waals surface area contributed by atoms with Crippen molar-refractivity contribution in [3.05, 3.63) is 57.9 Å². The van der Waals surface area contributed by atoms with Crippen LogP contribution in [-0.4, -0.2) is 74.5 Å². The van der Waals surface area contributed by atoms with E-state index in [0.717, 1.165) is 10.7 Å². The van der Waals surface area contributed by atoms with Gasteiger partial charge in [-0.3, -0.25) is 9.59 Å². The number of methoxy groups -OCH3 is 3. The largest absolute Gasteiger partial charge is 0.497 e. The minimum Gasteiger partial charge on any atom is -0.497 e. The topological polar surface area (TPSA) is 106 Å². The molecule has 0 spiro atoms. The van der Waals surface area contributed by atoms with Gasteiger partial charge >= 0.3 is 12.1 Å².